The Hall–Kier alpha value is -2.83. The van der Waals surface area contributed by atoms with Crippen LogP contribution in [0.5, 0.6) is 11.5 Å². The van der Waals surface area contributed by atoms with Gasteiger partial charge in [0.1, 0.15) is 11.5 Å². The van der Waals surface area contributed by atoms with E-state index in [9.17, 15) is 0 Å². The van der Waals surface area contributed by atoms with E-state index in [-0.39, 0.29) is 0 Å². The third kappa shape index (κ3) is 3.81. The Morgan fingerprint density at radius 2 is 1.00 bits per heavy atom. The Kier molecular flexibility index (Phi) is 4.63. The molecule has 25 heavy (non-hydrogen) atoms. The van der Waals surface area contributed by atoms with Crippen LogP contribution in [0.2, 0.25) is 0 Å². The first-order valence-electron chi connectivity index (χ1n) is 8.13. The molecule has 0 heterocycles. The summed E-state index contributed by atoms with van der Waals surface area (Å²) in [4.78, 5) is 0. The van der Waals surface area contributed by atoms with Gasteiger partial charge >= 0.3 is 8.38 Å². The fraction of sp³-hybridized carbons (Fsp3) is 0. The lowest BCUT2D eigenvalue weighted by Crippen LogP contribution is -2.10. The smallest absolute Gasteiger partial charge is 0.326 e. The van der Waals surface area contributed by atoms with Crippen molar-refractivity contribution in [3.63, 3.8) is 0 Å². The van der Waals surface area contributed by atoms with Crippen LogP contribution in [0.25, 0.3) is 10.8 Å². The highest BCUT2D eigenvalue weighted by atomic mass is 31.2. The lowest BCUT2D eigenvalue weighted by molar-refractivity contribution is 0.502. The van der Waals surface area contributed by atoms with E-state index in [0.717, 1.165) is 16.8 Å². The van der Waals surface area contributed by atoms with Crippen LogP contribution in [-0.2, 0) is 0 Å². The minimum absolute atomic E-state index is 0.803. The minimum Gasteiger partial charge on any atom is -0.435 e. The first kappa shape index (κ1) is 15.7. The highest BCUT2D eigenvalue weighted by molar-refractivity contribution is 7.56. The van der Waals surface area contributed by atoms with Crippen LogP contribution < -0.4 is 14.4 Å². The molecule has 3 heteroatoms. The van der Waals surface area contributed by atoms with E-state index >= 15 is 0 Å². The summed E-state index contributed by atoms with van der Waals surface area (Å²) >= 11 is 0. The Labute approximate surface area is 148 Å². The van der Waals surface area contributed by atoms with Crippen molar-refractivity contribution >= 4 is 24.5 Å². The van der Waals surface area contributed by atoms with E-state index in [1.165, 1.54) is 10.8 Å². The van der Waals surface area contributed by atoms with Gasteiger partial charge in [-0.15, -0.1) is 0 Å². The van der Waals surface area contributed by atoms with Crippen molar-refractivity contribution in [2.75, 3.05) is 0 Å². The van der Waals surface area contributed by atoms with Crippen LogP contribution in [0, 0.1) is 0 Å². The molecular weight excluding hydrogens is 327 g/mol. The molecule has 122 valence electrons. The van der Waals surface area contributed by atoms with Gasteiger partial charge in [0.15, 0.2) is 0 Å². The second kappa shape index (κ2) is 7.38. The summed E-state index contributed by atoms with van der Waals surface area (Å²) in [5, 5.41) is 3.43. The quantitative estimate of drug-likeness (QED) is 0.417. The number of fused-ring (bicyclic) bond motifs is 1. The maximum Gasteiger partial charge on any atom is 0.326 e. The van der Waals surface area contributed by atoms with E-state index in [1.54, 1.807) is 0 Å². The van der Waals surface area contributed by atoms with Gasteiger partial charge in [0.25, 0.3) is 0 Å². The topological polar surface area (TPSA) is 18.5 Å². The molecule has 0 aliphatic rings. The molecule has 0 N–H and O–H groups in total. The molecule has 0 aliphatic carbocycles. The van der Waals surface area contributed by atoms with Gasteiger partial charge in [-0.05, 0) is 47.2 Å². The van der Waals surface area contributed by atoms with Crippen LogP contribution in [-0.4, -0.2) is 0 Å². The fourth-order valence-corrected chi connectivity index (χ4v) is 3.88. The van der Waals surface area contributed by atoms with Crippen molar-refractivity contribution in [3.05, 3.63) is 103 Å². The maximum atomic E-state index is 6.20. The summed E-state index contributed by atoms with van der Waals surface area (Å²) in [5.74, 6) is 1.61. The van der Waals surface area contributed by atoms with Gasteiger partial charge < -0.3 is 9.05 Å². The SMILES string of the molecule is c1ccc(OP(Oc2ccccc2)c2ccc3ccccc3c2)cc1. The van der Waals surface area contributed by atoms with E-state index < -0.39 is 8.38 Å². The molecule has 0 aromatic heterocycles. The lowest BCUT2D eigenvalue weighted by atomic mass is 10.1. The lowest BCUT2D eigenvalue weighted by Gasteiger charge is -2.19. The summed E-state index contributed by atoms with van der Waals surface area (Å²) in [6.45, 7) is 0. The molecule has 0 unspecified atom stereocenters. The van der Waals surface area contributed by atoms with Gasteiger partial charge in [0, 0.05) is 0 Å². The fourth-order valence-electron chi connectivity index (χ4n) is 2.57. The Morgan fingerprint density at radius 3 is 1.60 bits per heavy atom. The average molecular weight is 344 g/mol. The van der Waals surface area contributed by atoms with Gasteiger partial charge in [0.05, 0.1) is 5.30 Å². The number of rotatable bonds is 5. The summed E-state index contributed by atoms with van der Waals surface area (Å²) in [6, 6.07) is 34.3. The van der Waals surface area contributed by atoms with Crippen molar-refractivity contribution in [3.8, 4) is 11.5 Å². The molecule has 0 saturated heterocycles. The summed E-state index contributed by atoms with van der Waals surface area (Å²) in [7, 11) is -1.28. The zero-order chi connectivity index (χ0) is 16.9. The third-order valence-electron chi connectivity index (χ3n) is 3.81. The van der Waals surface area contributed by atoms with Crippen LogP contribution in [0.1, 0.15) is 0 Å². The van der Waals surface area contributed by atoms with E-state index in [4.69, 9.17) is 9.05 Å². The molecule has 2 nitrogen and oxygen atoms in total. The van der Waals surface area contributed by atoms with Gasteiger partial charge in [-0.1, -0.05) is 66.7 Å². The number of hydrogen-bond acceptors (Lipinski definition) is 2. The molecular formula is C22H17O2P. The summed E-state index contributed by atoms with van der Waals surface area (Å²) < 4.78 is 12.4. The van der Waals surface area contributed by atoms with Crippen LogP contribution in [0.4, 0.5) is 0 Å². The molecule has 0 bridgehead atoms. The first-order chi connectivity index (χ1) is 12.4. The molecule has 0 fully saturated rings. The molecule has 4 aromatic carbocycles. The molecule has 4 aromatic rings. The van der Waals surface area contributed by atoms with Crippen molar-refractivity contribution in [1.82, 2.24) is 0 Å². The first-order valence-corrected chi connectivity index (χ1v) is 9.31. The third-order valence-corrected chi connectivity index (χ3v) is 5.26. The highest BCUT2D eigenvalue weighted by Gasteiger charge is 2.18. The predicted molar refractivity (Wildman–Crippen MR) is 105 cm³/mol. The van der Waals surface area contributed by atoms with E-state index in [2.05, 4.69) is 30.3 Å². The number of para-hydroxylation sites is 2. The molecule has 0 aliphatic heterocycles. The molecule has 4 rings (SSSR count). The minimum atomic E-state index is -1.28. The van der Waals surface area contributed by atoms with Crippen molar-refractivity contribution in [1.29, 1.82) is 0 Å². The Morgan fingerprint density at radius 1 is 0.480 bits per heavy atom. The van der Waals surface area contributed by atoms with Gasteiger partial charge in [0.2, 0.25) is 0 Å². The average Bonchev–Trinajstić information content (AvgIpc) is 2.69. The van der Waals surface area contributed by atoms with Crippen LogP contribution in [0.15, 0.2) is 103 Å². The monoisotopic (exact) mass is 344 g/mol. The van der Waals surface area contributed by atoms with Gasteiger partial charge in [-0.3, -0.25) is 0 Å². The zero-order valence-corrected chi connectivity index (χ0v) is 14.5. The molecule has 0 spiro atoms. The maximum absolute atomic E-state index is 6.20. The molecule has 0 saturated carbocycles. The largest absolute Gasteiger partial charge is 0.435 e. The second-order valence-electron chi connectivity index (χ2n) is 5.60. The zero-order valence-electron chi connectivity index (χ0n) is 13.6. The van der Waals surface area contributed by atoms with E-state index in [0.29, 0.717) is 0 Å². The van der Waals surface area contributed by atoms with Crippen LogP contribution in [0.3, 0.4) is 0 Å². The number of hydrogen-bond donors (Lipinski definition) is 0. The number of benzene rings is 4. The summed E-state index contributed by atoms with van der Waals surface area (Å²) in [6.07, 6.45) is 0. The van der Waals surface area contributed by atoms with Crippen molar-refractivity contribution in [2.45, 2.75) is 0 Å². The standard InChI is InChI=1S/C22H17O2P/c1-3-11-20(12-4-1)23-25(24-21-13-5-2-6-14-21)22-16-15-18-9-7-8-10-19(18)17-22/h1-17H. The second-order valence-corrected chi connectivity index (χ2v) is 6.99. The normalized spacial score (nSPS) is 10.8. The van der Waals surface area contributed by atoms with Gasteiger partial charge in [-0.25, -0.2) is 0 Å². The van der Waals surface area contributed by atoms with Crippen molar-refractivity contribution < 1.29 is 9.05 Å². The van der Waals surface area contributed by atoms with E-state index in [1.807, 2.05) is 72.8 Å². The molecule has 0 amide bonds. The summed E-state index contributed by atoms with van der Waals surface area (Å²) in [5.41, 5.74) is 0. The van der Waals surface area contributed by atoms with Crippen LogP contribution >= 0.6 is 8.38 Å². The Balaban J connectivity index is 1.69. The van der Waals surface area contributed by atoms with Crippen molar-refractivity contribution in [2.24, 2.45) is 0 Å². The van der Waals surface area contributed by atoms with Gasteiger partial charge in [-0.2, -0.15) is 0 Å². The Bertz CT molecular complexity index is 913. The highest BCUT2D eigenvalue weighted by Crippen LogP contribution is 2.40. The predicted octanol–water partition coefficient (Wildman–Crippen LogP) is 5.94. The molecule has 0 radical (unpaired) electrons. The molecule has 0 atom stereocenters.